The smallest absolute Gasteiger partial charge is 0.416 e. The number of anilines is 2. The molecule has 1 aliphatic rings. The Morgan fingerprint density at radius 2 is 2.03 bits per heavy atom. The maximum atomic E-state index is 13.6. The number of pyridine rings is 1. The fraction of sp³-hybridized carbons (Fsp3) is 0.350. The summed E-state index contributed by atoms with van der Waals surface area (Å²) in [4.78, 5) is 30.5. The summed E-state index contributed by atoms with van der Waals surface area (Å²) in [6.07, 6.45) is -5.11. The molecule has 0 radical (unpaired) electrons. The van der Waals surface area contributed by atoms with Crippen LogP contribution in [-0.4, -0.2) is 41.5 Å². The number of halogens is 5. The van der Waals surface area contributed by atoms with Crippen molar-refractivity contribution >= 4 is 35.0 Å². The van der Waals surface area contributed by atoms with Crippen LogP contribution < -0.4 is 9.80 Å². The number of aromatic nitrogens is 1. The molecule has 1 amide bonds. The van der Waals surface area contributed by atoms with Gasteiger partial charge in [0.2, 0.25) is 5.91 Å². The Morgan fingerprint density at radius 3 is 2.61 bits per heavy atom. The monoisotopic (exact) mass is 462 g/mol. The molecule has 6 nitrogen and oxygen atoms in total. The third-order valence-electron chi connectivity index (χ3n) is 4.88. The Morgan fingerprint density at radius 1 is 1.32 bits per heavy atom. The van der Waals surface area contributed by atoms with Gasteiger partial charge in [-0.3, -0.25) is 9.59 Å². The zero-order chi connectivity index (χ0) is 25.6. The second-order valence-electron chi connectivity index (χ2n) is 7.06. The Kier molecular flexibility index (Phi) is 5.07. The van der Waals surface area contributed by atoms with Crippen molar-refractivity contribution in [3.63, 3.8) is 0 Å². The first-order valence-electron chi connectivity index (χ1n) is 10.4. The number of hydrogen-bond donors (Lipinski definition) is 1. The van der Waals surface area contributed by atoms with Crippen molar-refractivity contribution in [1.82, 2.24) is 4.98 Å². The summed E-state index contributed by atoms with van der Waals surface area (Å²) in [7, 11) is 0. The number of carbonyl (C=O) groups excluding carboxylic acids is 1. The van der Waals surface area contributed by atoms with Crippen LogP contribution in [0, 0.1) is 18.7 Å². The summed E-state index contributed by atoms with van der Waals surface area (Å²) in [6.45, 7) is -2.17. The third-order valence-corrected chi connectivity index (χ3v) is 5.17. The number of carboxylic acids is 1. The van der Waals surface area contributed by atoms with Crippen molar-refractivity contribution in [2.45, 2.75) is 25.6 Å². The van der Waals surface area contributed by atoms with Crippen LogP contribution in [0.5, 0.6) is 0 Å². The first-order valence-corrected chi connectivity index (χ1v) is 9.32. The molecule has 0 saturated carbocycles. The number of rotatable bonds is 4. The third kappa shape index (κ3) is 4.73. The SMILES string of the molecule is [2H]C([2H])([2H])N(C(=O)[C@@H]1C[C@H](C(=O)O)CN1c1cc(C(F)(F)F)cc(C)n1)c1ccc(F)c(Cl)c1. The fourth-order valence-electron chi connectivity index (χ4n) is 3.36. The number of alkyl halides is 3. The van der Waals surface area contributed by atoms with Crippen LogP contribution >= 0.6 is 11.6 Å². The van der Waals surface area contributed by atoms with Crippen molar-refractivity contribution in [3.8, 4) is 0 Å². The van der Waals surface area contributed by atoms with Crippen molar-refractivity contribution < 1.29 is 36.4 Å². The summed E-state index contributed by atoms with van der Waals surface area (Å²) in [5.74, 6) is -4.80. The second-order valence-corrected chi connectivity index (χ2v) is 7.47. The summed E-state index contributed by atoms with van der Waals surface area (Å²) >= 11 is 5.74. The zero-order valence-electron chi connectivity index (χ0n) is 19.0. The average molecular weight is 463 g/mol. The molecule has 0 spiro atoms. The molecular weight excluding hydrogens is 442 g/mol. The van der Waals surface area contributed by atoms with Gasteiger partial charge >= 0.3 is 12.1 Å². The fourth-order valence-corrected chi connectivity index (χ4v) is 3.54. The molecule has 2 atom stereocenters. The van der Waals surface area contributed by atoms with E-state index in [4.69, 9.17) is 15.7 Å². The lowest BCUT2D eigenvalue weighted by atomic mass is 10.1. The molecule has 1 aliphatic heterocycles. The number of carbonyl (C=O) groups is 2. The normalized spacial score (nSPS) is 20.7. The molecular formula is C20H18ClF4N3O3. The summed E-state index contributed by atoms with van der Waals surface area (Å²) in [5.41, 5.74) is -1.38. The van der Waals surface area contributed by atoms with Gasteiger partial charge in [-0.05, 0) is 43.7 Å². The highest BCUT2D eigenvalue weighted by Gasteiger charge is 2.43. The topological polar surface area (TPSA) is 73.7 Å². The molecule has 2 heterocycles. The van der Waals surface area contributed by atoms with E-state index in [1.165, 1.54) is 6.92 Å². The molecule has 0 bridgehead atoms. The van der Waals surface area contributed by atoms with E-state index in [0.29, 0.717) is 11.0 Å². The van der Waals surface area contributed by atoms with Crippen LogP contribution in [0.3, 0.4) is 0 Å². The molecule has 1 aromatic heterocycles. The summed E-state index contributed by atoms with van der Waals surface area (Å²) < 4.78 is 77.0. The zero-order valence-corrected chi connectivity index (χ0v) is 16.7. The molecule has 0 aliphatic carbocycles. The molecule has 31 heavy (non-hydrogen) atoms. The van der Waals surface area contributed by atoms with E-state index in [9.17, 15) is 32.3 Å². The number of benzene rings is 1. The van der Waals surface area contributed by atoms with Gasteiger partial charge < -0.3 is 14.9 Å². The van der Waals surface area contributed by atoms with Crippen molar-refractivity contribution in [3.05, 3.63) is 52.4 Å². The van der Waals surface area contributed by atoms with E-state index >= 15 is 0 Å². The van der Waals surface area contributed by atoms with Crippen LogP contribution in [0.15, 0.2) is 30.3 Å². The highest BCUT2D eigenvalue weighted by Crippen LogP contribution is 2.35. The predicted octanol–water partition coefficient (Wildman–Crippen LogP) is 4.14. The highest BCUT2D eigenvalue weighted by atomic mass is 35.5. The lowest BCUT2D eigenvalue weighted by molar-refractivity contribution is -0.141. The molecule has 11 heteroatoms. The summed E-state index contributed by atoms with van der Waals surface area (Å²) in [6, 6.07) is 2.77. The predicted molar refractivity (Wildman–Crippen MR) is 106 cm³/mol. The standard InChI is InChI=1S/C20H18ClF4N3O3/c1-10-5-12(20(23,24)25)7-17(26-10)28-9-11(19(30)31)6-16(28)18(29)27(2)13-3-4-15(22)14(21)8-13/h3-5,7-8,11,16H,6,9H2,1-2H3,(H,30,31)/t11-,16-/m0/s1/i2D3. The van der Waals surface area contributed by atoms with Crippen LogP contribution in [0.1, 0.15) is 21.8 Å². The molecule has 1 aromatic carbocycles. The van der Waals surface area contributed by atoms with Crippen LogP contribution in [0.25, 0.3) is 0 Å². The van der Waals surface area contributed by atoms with E-state index in [0.717, 1.165) is 29.2 Å². The number of aliphatic carboxylic acids is 1. The Labute approximate surface area is 184 Å². The van der Waals surface area contributed by atoms with Crippen molar-refractivity contribution in [1.29, 1.82) is 0 Å². The van der Waals surface area contributed by atoms with Gasteiger partial charge in [-0.25, -0.2) is 9.37 Å². The molecule has 2 aromatic rings. The Balaban J connectivity index is 2.10. The first kappa shape index (κ1) is 18.9. The van der Waals surface area contributed by atoms with Crippen molar-refractivity contribution in [2.75, 3.05) is 23.3 Å². The van der Waals surface area contributed by atoms with Crippen LogP contribution in [0.4, 0.5) is 29.1 Å². The number of amides is 1. The minimum atomic E-state index is -4.73. The van der Waals surface area contributed by atoms with Crippen molar-refractivity contribution in [2.24, 2.45) is 5.92 Å². The van der Waals surface area contributed by atoms with E-state index in [2.05, 4.69) is 4.98 Å². The van der Waals surface area contributed by atoms with Gasteiger partial charge in [0.1, 0.15) is 17.7 Å². The minimum absolute atomic E-state index is 0.0345. The molecule has 0 unspecified atom stereocenters. The van der Waals surface area contributed by atoms with E-state index in [-0.39, 0.29) is 30.2 Å². The van der Waals surface area contributed by atoms with E-state index in [1.807, 2.05) is 0 Å². The molecule has 1 fully saturated rings. The van der Waals surface area contributed by atoms with Gasteiger partial charge in [-0.1, -0.05) is 11.6 Å². The lowest BCUT2D eigenvalue weighted by Crippen LogP contribution is -2.44. The van der Waals surface area contributed by atoms with E-state index < -0.39 is 53.4 Å². The molecule has 3 rings (SSSR count). The van der Waals surface area contributed by atoms with Gasteiger partial charge in [0.25, 0.3) is 0 Å². The number of aryl methyl sites for hydroxylation is 1. The first-order chi connectivity index (χ1) is 15.6. The second kappa shape index (κ2) is 8.33. The minimum Gasteiger partial charge on any atom is -0.481 e. The number of likely N-dealkylation sites (N-methyl/N-ethyl adjacent to an activating group) is 1. The highest BCUT2D eigenvalue weighted by molar-refractivity contribution is 6.31. The number of hydrogen-bond acceptors (Lipinski definition) is 4. The van der Waals surface area contributed by atoms with Gasteiger partial charge in [-0.2, -0.15) is 13.2 Å². The molecule has 166 valence electrons. The van der Waals surface area contributed by atoms with Gasteiger partial charge in [0.05, 0.1) is 16.5 Å². The average Bonchev–Trinajstić information content (AvgIpc) is 3.14. The molecule has 1 saturated heterocycles. The maximum absolute atomic E-state index is 13.6. The van der Waals surface area contributed by atoms with Gasteiger partial charge in [0.15, 0.2) is 0 Å². The number of nitrogens with zero attached hydrogens (tertiary/aromatic N) is 3. The lowest BCUT2D eigenvalue weighted by Gasteiger charge is -2.29. The van der Waals surface area contributed by atoms with Crippen LogP contribution in [-0.2, 0) is 15.8 Å². The molecule has 1 N–H and O–H groups in total. The Hall–Kier alpha value is -2.88. The van der Waals surface area contributed by atoms with Gasteiger partial charge in [0, 0.05) is 29.0 Å². The summed E-state index contributed by atoms with van der Waals surface area (Å²) in [5, 5.41) is 9.02. The van der Waals surface area contributed by atoms with Gasteiger partial charge in [-0.15, -0.1) is 0 Å². The van der Waals surface area contributed by atoms with Crippen LogP contribution in [0.2, 0.25) is 5.02 Å². The quantitative estimate of drug-likeness (QED) is 0.691. The number of carboxylic acid groups (broad SMARTS) is 1. The largest absolute Gasteiger partial charge is 0.481 e. The van der Waals surface area contributed by atoms with E-state index in [1.54, 1.807) is 0 Å². The Bertz CT molecular complexity index is 1130. The maximum Gasteiger partial charge on any atom is 0.416 e.